The summed E-state index contributed by atoms with van der Waals surface area (Å²) < 4.78 is 10.7. The van der Waals surface area contributed by atoms with Crippen LogP contribution in [-0.4, -0.2) is 52.6 Å². The maximum absolute atomic E-state index is 12.8. The number of carbonyl (C=O) groups excluding carboxylic acids is 1. The number of aromatic carboxylic acids is 1. The van der Waals surface area contributed by atoms with Crippen molar-refractivity contribution in [3.8, 4) is 11.5 Å². The van der Waals surface area contributed by atoms with Crippen LogP contribution in [-0.2, 0) is 0 Å². The van der Waals surface area contributed by atoms with E-state index in [1.165, 1.54) is 6.20 Å². The molecule has 1 aromatic heterocycles. The number of methoxy groups -OCH3 is 2. The summed E-state index contributed by atoms with van der Waals surface area (Å²) in [7, 11) is 3.16. The molecule has 1 aliphatic rings. The van der Waals surface area contributed by atoms with Gasteiger partial charge in [-0.3, -0.25) is 4.79 Å². The largest absolute Gasteiger partial charge is 0.497 e. The second-order valence-electron chi connectivity index (χ2n) is 5.86. The molecule has 1 aliphatic heterocycles. The number of benzene rings is 1. The molecule has 1 aromatic carbocycles. The normalized spacial score (nSPS) is 16.4. The molecule has 2 aromatic rings. The van der Waals surface area contributed by atoms with Crippen LogP contribution in [0.2, 0.25) is 0 Å². The zero-order valence-electron chi connectivity index (χ0n) is 14.5. The highest BCUT2D eigenvalue weighted by Gasteiger charge is 2.33. The molecule has 1 unspecified atom stereocenters. The Balaban J connectivity index is 1.88. The minimum atomic E-state index is -1.18. The van der Waals surface area contributed by atoms with E-state index in [1.54, 1.807) is 25.2 Å². The Morgan fingerprint density at radius 1 is 1.15 bits per heavy atom. The summed E-state index contributed by atoms with van der Waals surface area (Å²) >= 11 is 0. The number of carboxylic acids is 1. The molecule has 8 heteroatoms. The lowest BCUT2D eigenvalue weighted by Crippen LogP contribution is -2.31. The van der Waals surface area contributed by atoms with Crippen molar-refractivity contribution in [1.82, 2.24) is 14.9 Å². The predicted octanol–water partition coefficient (Wildman–Crippen LogP) is 2.17. The molecular formula is C18H19N3O5. The molecule has 3 rings (SSSR count). The number of nitrogens with zero attached hydrogens (tertiary/aromatic N) is 3. The smallest absolute Gasteiger partial charge is 0.356 e. The minimum absolute atomic E-state index is 0.120. The lowest BCUT2D eigenvalue weighted by molar-refractivity contribution is 0.0683. The molecule has 26 heavy (non-hydrogen) atoms. The zero-order chi connectivity index (χ0) is 18.7. The molecule has 0 spiro atoms. The van der Waals surface area contributed by atoms with E-state index >= 15 is 0 Å². The number of ether oxygens (including phenoxy) is 2. The van der Waals surface area contributed by atoms with Gasteiger partial charge in [0, 0.05) is 18.2 Å². The Morgan fingerprint density at radius 2 is 1.88 bits per heavy atom. The maximum Gasteiger partial charge on any atom is 0.356 e. The van der Waals surface area contributed by atoms with Crippen LogP contribution in [0.25, 0.3) is 0 Å². The van der Waals surface area contributed by atoms with Gasteiger partial charge in [-0.1, -0.05) is 0 Å². The highest BCUT2D eigenvalue weighted by Crippen LogP contribution is 2.39. The van der Waals surface area contributed by atoms with Crippen LogP contribution >= 0.6 is 0 Å². The number of rotatable bonds is 5. The molecule has 0 saturated carbocycles. The number of amides is 1. The number of carbonyl (C=O) groups is 2. The van der Waals surface area contributed by atoms with Crippen molar-refractivity contribution >= 4 is 11.9 Å². The first kappa shape index (κ1) is 17.7. The molecule has 136 valence electrons. The monoisotopic (exact) mass is 357 g/mol. The van der Waals surface area contributed by atoms with Gasteiger partial charge in [-0.25, -0.2) is 14.8 Å². The van der Waals surface area contributed by atoms with Gasteiger partial charge in [0.05, 0.1) is 32.7 Å². The Kier molecular flexibility index (Phi) is 5.01. The van der Waals surface area contributed by atoms with E-state index in [0.717, 1.165) is 24.6 Å². The summed E-state index contributed by atoms with van der Waals surface area (Å²) in [4.78, 5) is 33.2. The van der Waals surface area contributed by atoms with E-state index in [9.17, 15) is 9.59 Å². The molecule has 1 N–H and O–H groups in total. The van der Waals surface area contributed by atoms with E-state index in [2.05, 4.69) is 9.97 Å². The van der Waals surface area contributed by atoms with Crippen LogP contribution in [0.3, 0.4) is 0 Å². The third-order valence-corrected chi connectivity index (χ3v) is 4.40. The maximum atomic E-state index is 12.8. The molecule has 1 fully saturated rings. The number of hydrogen-bond donors (Lipinski definition) is 1. The summed E-state index contributed by atoms with van der Waals surface area (Å²) in [5.41, 5.74) is 0.819. The molecule has 0 radical (unpaired) electrons. The Hall–Kier alpha value is -3.16. The Morgan fingerprint density at radius 3 is 2.50 bits per heavy atom. The summed E-state index contributed by atoms with van der Waals surface area (Å²) in [6.45, 7) is 0.584. The number of carboxylic acid groups (broad SMARTS) is 1. The fraction of sp³-hybridized carbons (Fsp3) is 0.333. The first-order chi connectivity index (χ1) is 12.5. The van der Waals surface area contributed by atoms with Crippen LogP contribution in [0.4, 0.5) is 0 Å². The quantitative estimate of drug-likeness (QED) is 0.875. The van der Waals surface area contributed by atoms with Crippen LogP contribution in [0.15, 0.2) is 30.6 Å². The zero-order valence-corrected chi connectivity index (χ0v) is 14.5. The third-order valence-electron chi connectivity index (χ3n) is 4.40. The van der Waals surface area contributed by atoms with Gasteiger partial charge in [-0.15, -0.1) is 0 Å². The van der Waals surface area contributed by atoms with E-state index in [-0.39, 0.29) is 23.3 Å². The van der Waals surface area contributed by atoms with Crippen molar-refractivity contribution in [2.45, 2.75) is 18.9 Å². The Bertz CT molecular complexity index is 822. The number of likely N-dealkylation sites (tertiary alicyclic amines) is 1. The van der Waals surface area contributed by atoms with E-state index in [0.29, 0.717) is 18.0 Å². The van der Waals surface area contributed by atoms with Crippen molar-refractivity contribution in [2.24, 2.45) is 0 Å². The molecule has 8 nitrogen and oxygen atoms in total. The van der Waals surface area contributed by atoms with Crippen molar-refractivity contribution in [3.63, 3.8) is 0 Å². The standard InChI is InChI=1S/C18H19N3O5/c1-25-11-5-6-12(16(8-11)26-2)15-4-3-7-21(15)17(22)13-9-20-14(10-19-13)18(23)24/h5-6,8-10,15H,3-4,7H2,1-2H3,(H,23,24). The van der Waals surface area contributed by atoms with Gasteiger partial charge in [0.15, 0.2) is 5.69 Å². The van der Waals surface area contributed by atoms with E-state index in [4.69, 9.17) is 14.6 Å². The number of hydrogen-bond acceptors (Lipinski definition) is 6. The van der Waals surface area contributed by atoms with Gasteiger partial charge in [0.25, 0.3) is 5.91 Å². The van der Waals surface area contributed by atoms with Crippen LogP contribution in [0.5, 0.6) is 11.5 Å². The predicted molar refractivity (Wildman–Crippen MR) is 91.5 cm³/mol. The van der Waals surface area contributed by atoms with Crippen molar-refractivity contribution < 1.29 is 24.2 Å². The Labute approximate surface area is 150 Å². The van der Waals surface area contributed by atoms with Crippen molar-refractivity contribution in [2.75, 3.05) is 20.8 Å². The van der Waals surface area contributed by atoms with Gasteiger partial charge in [0.2, 0.25) is 0 Å². The summed E-state index contributed by atoms with van der Waals surface area (Å²) in [5, 5.41) is 8.90. The first-order valence-corrected chi connectivity index (χ1v) is 8.13. The third kappa shape index (κ3) is 3.30. The summed E-state index contributed by atoms with van der Waals surface area (Å²) in [6, 6.07) is 5.37. The lowest BCUT2D eigenvalue weighted by atomic mass is 10.0. The van der Waals surface area contributed by atoms with Gasteiger partial charge < -0.3 is 19.5 Å². The van der Waals surface area contributed by atoms with E-state index in [1.807, 2.05) is 12.1 Å². The van der Waals surface area contributed by atoms with Crippen molar-refractivity contribution in [3.05, 3.63) is 47.5 Å². The van der Waals surface area contributed by atoms with Gasteiger partial charge >= 0.3 is 5.97 Å². The molecule has 0 aliphatic carbocycles. The van der Waals surface area contributed by atoms with Crippen LogP contribution in [0, 0.1) is 0 Å². The lowest BCUT2D eigenvalue weighted by Gasteiger charge is -2.26. The molecule has 1 saturated heterocycles. The fourth-order valence-corrected chi connectivity index (χ4v) is 3.12. The summed E-state index contributed by atoms with van der Waals surface area (Å²) in [6.07, 6.45) is 3.95. The molecule has 1 atom stereocenters. The fourth-order valence-electron chi connectivity index (χ4n) is 3.12. The molecule has 2 heterocycles. The van der Waals surface area contributed by atoms with Crippen LogP contribution in [0.1, 0.15) is 45.4 Å². The minimum Gasteiger partial charge on any atom is -0.497 e. The molecular weight excluding hydrogens is 338 g/mol. The average Bonchev–Trinajstić information content (AvgIpc) is 3.16. The highest BCUT2D eigenvalue weighted by atomic mass is 16.5. The average molecular weight is 357 g/mol. The molecule has 1 amide bonds. The summed E-state index contributed by atoms with van der Waals surface area (Å²) in [5.74, 6) is -0.133. The van der Waals surface area contributed by atoms with Gasteiger partial charge in [-0.2, -0.15) is 0 Å². The van der Waals surface area contributed by atoms with Gasteiger partial charge in [0.1, 0.15) is 17.2 Å². The van der Waals surface area contributed by atoms with Crippen LogP contribution < -0.4 is 9.47 Å². The SMILES string of the molecule is COc1ccc(C2CCCN2C(=O)c2cnc(C(=O)O)cn2)c(OC)c1. The highest BCUT2D eigenvalue weighted by molar-refractivity contribution is 5.93. The second-order valence-corrected chi connectivity index (χ2v) is 5.86. The van der Waals surface area contributed by atoms with E-state index < -0.39 is 5.97 Å². The topological polar surface area (TPSA) is 102 Å². The van der Waals surface area contributed by atoms with Gasteiger partial charge in [-0.05, 0) is 25.0 Å². The second kappa shape index (κ2) is 7.38. The first-order valence-electron chi connectivity index (χ1n) is 8.13. The number of aromatic nitrogens is 2. The van der Waals surface area contributed by atoms with Crippen molar-refractivity contribution in [1.29, 1.82) is 0 Å². The molecule has 0 bridgehead atoms.